The zero-order valence-electron chi connectivity index (χ0n) is 23.6. The van der Waals surface area contributed by atoms with Gasteiger partial charge in [-0.3, -0.25) is 4.57 Å². The van der Waals surface area contributed by atoms with Crippen LogP contribution in [0.4, 0.5) is 14.5 Å². The lowest BCUT2D eigenvalue weighted by Gasteiger charge is -2.37. The van der Waals surface area contributed by atoms with Gasteiger partial charge in [0.25, 0.3) is 0 Å². The van der Waals surface area contributed by atoms with Gasteiger partial charge in [0.15, 0.2) is 6.73 Å². The van der Waals surface area contributed by atoms with Crippen LogP contribution in [0.2, 0.25) is 0 Å². The highest BCUT2D eigenvalue weighted by atomic mass is 31.2. The van der Waals surface area contributed by atoms with E-state index in [-0.39, 0.29) is 43.3 Å². The van der Waals surface area contributed by atoms with Crippen LogP contribution < -0.4 is 10.2 Å². The van der Waals surface area contributed by atoms with Gasteiger partial charge in [-0.05, 0) is 61.4 Å². The van der Waals surface area contributed by atoms with Crippen molar-refractivity contribution in [1.82, 2.24) is 5.32 Å². The van der Waals surface area contributed by atoms with E-state index in [1.165, 1.54) is 30.5 Å². The van der Waals surface area contributed by atoms with Crippen molar-refractivity contribution in [2.24, 2.45) is 5.92 Å². The molecule has 220 valence electrons. The lowest BCUT2D eigenvalue weighted by molar-refractivity contribution is -0.139. The summed E-state index contributed by atoms with van der Waals surface area (Å²) in [5.74, 6) is -2.10. The van der Waals surface area contributed by atoms with E-state index in [0.717, 1.165) is 16.7 Å². The number of rotatable bonds is 8. The molecule has 2 aliphatic heterocycles. The highest BCUT2D eigenvalue weighted by Crippen LogP contribution is 2.65. The maximum Gasteiger partial charge on any atom is 0.360 e. The number of halogens is 2. The summed E-state index contributed by atoms with van der Waals surface area (Å²) in [6.45, 7) is 6.10. The van der Waals surface area contributed by atoms with E-state index < -0.39 is 25.3 Å². The smallest absolute Gasteiger partial charge is 0.360 e. The number of aryl methyl sites for hydroxylation is 1. The topological polar surface area (TPSA) is 77.1 Å². The molecule has 0 radical (unpaired) electrons. The average Bonchev–Trinajstić information content (AvgIpc) is 2.98. The van der Waals surface area contributed by atoms with Gasteiger partial charge >= 0.3 is 13.6 Å². The molecule has 0 bridgehead atoms. The van der Waals surface area contributed by atoms with Crippen molar-refractivity contribution in [3.8, 4) is 0 Å². The summed E-state index contributed by atoms with van der Waals surface area (Å²) in [6.07, 6.45) is 2.80. The van der Waals surface area contributed by atoms with Crippen LogP contribution in [-0.4, -0.2) is 25.4 Å². The molecule has 0 amide bonds. The van der Waals surface area contributed by atoms with Crippen molar-refractivity contribution in [2.45, 2.75) is 39.3 Å². The number of esters is 1. The monoisotopic (exact) mass is 594 g/mol. The summed E-state index contributed by atoms with van der Waals surface area (Å²) < 4.78 is 58.9. The Labute approximate surface area is 244 Å². The second-order valence-corrected chi connectivity index (χ2v) is 12.6. The molecule has 1 N–H and O–H groups in total. The fraction of sp³-hybridized carbons (Fsp3) is 0.281. The number of carbonyl (C=O) groups is 1. The Balaban J connectivity index is 1.42. The molecule has 0 spiro atoms. The summed E-state index contributed by atoms with van der Waals surface area (Å²) >= 11 is 0. The third kappa shape index (κ3) is 6.65. The SMILES string of the molecule is Cc1cccc(C2C(C(=O)OCN(Cc3ccc(F)cc3)c3ccc(F)cc3)=CNC=C2P2(=O)OCC(C)C(C)O2)c1. The van der Waals surface area contributed by atoms with Crippen LogP contribution in [0.3, 0.4) is 0 Å². The summed E-state index contributed by atoms with van der Waals surface area (Å²) in [4.78, 5) is 15.5. The van der Waals surface area contributed by atoms with Crippen molar-refractivity contribution in [3.63, 3.8) is 0 Å². The quantitative estimate of drug-likeness (QED) is 0.169. The van der Waals surface area contributed by atoms with Crippen molar-refractivity contribution >= 4 is 19.3 Å². The number of nitrogens with one attached hydrogen (secondary N) is 1. The fourth-order valence-corrected chi connectivity index (χ4v) is 7.14. The Morgan fingerprint density at radius 1 is 1.02 bits per heavy atom. The van der Waals surface area contributed by atoms with Crippen LogP contribution in [0.5, 0.6) is 0 Å². The van der Waals surface area contributed by atoms with Gasteiger partial charge in [-0.2, -0.15) is 0 Å². The summed E-state index contributed by atoms with van der Waals surface area (Å²) in [5.41, 5.74) is 3.31. The molecule has 7 nitrogen and oxygen atoms in total. The Hall–Kier alpha value is -3.78. The van der Waals surface area contributed by atoms with E-state index in [1.54, 1.807) is 35.4 Å². The van der Waals surface area contributed by atoms with Crippen LogP contribution in [0.15, 0.2) is 96.1 Å². The van der Waals surface area contributed by atoms with E-state index >= 15 is 0 Å². The largest absolute Gasteiger partial charge is 0.441 e. The molecule has 0 aliphatic carbocycles. The van der Waals surface area contributed by atoms with E-state index in [1.807, 2.05) is 45.0 Å². The second kappa shape index (κ2) is 12.6. The lowest BCUT2D eigenvalue weighted by atomic mass is 9.89. The van der Waals surface area contributed by atoms with Crippen LogP contribution in [0.25, 0.3) is 0 Å². The normalized spacial score (nSPS) is 23.8. The third-order valence-electron chi connectivity index (χ3n) is 7.45. The lowest BCUT2D eigenvalue weighted by Crippen LogP contribution is -2.32. The van der Waals surface area contributed by atoms with Gasteiger partial charge in [-0.15, -0.1) is 0 Å². The second-order valence-electron chi connectivity index (χ2n) is 10.6. The van der Waals surface area contributed by atoms with Crippen molar-refractivity contribution in [1.29, 1.82) is 0 Å². The average molecular weight is 595 g/mol. The fourth-order valence-electron chi connectivity index (χ4n) is 4.89. The number of allylic oxidation sites excluding steroid dienone is 1. The molecule has 2 heterocycles. The summed E-state index contributed by atoms with van der Waals surface area (Å²) in [5, 5.41) is 3.27. The molecule has 4 atom stereocenters. The minimum absolute atomic E-state index is 0.0557. The number of hydrogen-bond donors (Lipinski definition) is 1. The zero-order chi connectivity index (χ0) is 29.9. The molecular weight excluding hydrogens is 561 g/mol. The Morgan fingerprint density at radius 2 is 1.71 bits per heavy atom. The molecule has 3 aromatic rings. The van der Waals surface area contributed by atoms with Gasteiger partial charge in [0.05, 0.1) is 29.5 Å². The first kappa shape index (κ1) is 29.7. The van der Waals surface area contributed by atoms with Crippen LogP contribution >= 0.6 is 7.60 Å². The molecule has 1 fully saturated rings. The predicted octanol–water partition coefficient (Wildman–Crippen LogP) is 7.16. The molecule has 3 aromatic carbocycles. The number of anilines is 1. The third-order valence-corrected chi connectivity index (χ3v) is 9.57. The van der Waals surface area contributed by atoms with Crippen molar-refractivity contribution in [3.05, 3.63) is 124 Å². The summed E-state index contributed by atoms with van der Waals surface area (Å²) in [6, 6.07) is 19.3. The standard InChI is InChI=1S/C32H33F2N2O5P/c1-21-5-4-6-25(15-21)31-29(16-35-17-30(31)42(38)40-19-22(2)23(3)41-42)32(37)39-20-36(28-13-11-27(34)12-14-28)18-24-7-9-26(33)10-8-24/h4-17,22-23,31,35H,18-20H2,1-3H3. The molecular formula is C32H33F2N2O5P. The van der Waals surface area contributed by atoms with E-state index in [4.69, 9.17) is 13.8 Å². The van der Waals surface area contributed by atoms with Crippen molar-refractivity contribution < 1.29 is 31.9 Å². The van der Waals surface area contributed by atoms with Gasteiger partial charge in [-0.1, -0.05) is 48.9 Å². The van der Waals surface area contributed by atoms with Crippen LogP contribution in [0, 0.1) is 24.5 Å². The number of nitrogens with zero attached hydrogens (tertiary/aromatic N) is 1. The molecule has 1 saturated heterocycles. The zero-order valence-corrected chi connectivity index (χ0v) is 24.5. The molecule has 10 heteroatoms. The highest BCUT2D eigenvalue weighted by molar-refractivity contribution is 7.58. The predicted molar refractivity (Wildman–Crippen MR) is 156 cm³/mol. The maximum absolute atomic E-state index is 14.1. The van der Waals surface area contributed by atoms with Crippen LogP contribution in [-0.2, 0) is 29.7 Å². The van der Waals surface area contributed by atoms with Gasteiger partial charge in [0.1, 0.15) is 11.6 Å². The molecule has 4 unspecified atom stereocenters. The first-order valence-electron chi connectivity index (χ1n) is 13.7. The minimum Gasteiger partial charge on any atom is -0.441 e. The number of carbonyl (C=O) groups excluding carboxylic acids is 1. The maximum atomic E-state index is 14.1. The number of dihydropyridines is 1. The Morgan fingerprint density at radius 3 is 2.38 bits per heavy atom. The van der Waals surface area contributed by atoms with Crippen LogP contribution in [0.1, 0.15) is 36.5 Å². The van der Waals surface area contributed by atoms with Gasteiger partial charge in [0, 0.05) is 30.5 Å². The van der Waals surface area contributed by atoms with Gasteiger partial charge in [-0.25, -0.2) is 13.6 Å². The molecule has 2 aliphatic rings. The first-order valence-corrected chi connectivity index (χ1v) is 15.3. The number of benzene rings is 3. The minimum atomic E-state index is -3.76. The van der Waals surface area contributed by atoms with E-state index in [0.29, 0.717) is 11.0 Å². The van der Waals surface area contributed by atoms with Crippen molar-refractivity contribution in [2.75, 3.05) is 18.2 Å². The number of ether oxygens (including phenoxy) is 1. The van der Waals surface area contributed by atoms with Gasteiger partial charge < -0.3 is 24.0 Å². The molecule has 42 heavy (non-hydrogen) atoms. The molecule has 0 aromatic heterocycles. The highest BCUT2D eigenvalue weighted by Gasteiger charge is 2.45. The van der Waals surface area contributed by atoms with E-state index in [2.05, 4.69) is 5.32 Å². The van der Waals surface area contributed by atoms with E-state index in [9.17, 15) is 18.1 Å². The molecule has 0 saturated carbocycles. The Bertz CT molecular complexity index is 1540. The number of hydrogen-bond acceptors (Lipinski definition) is 7. The first-order chi connectivity index (χ1) is 20.1. The summed E-state index contributed by atoms with van der Waals surface area (Å²) in [7, 11) is -3.76. The molecule has 5 rings (SSSR count). The Kier molecular flexibility index (Phi) is 8.92. The van der Waals surface area contributed by atoms with Gasteiger partial charge in [0.2, 0.25) is 0 Å².